The molecule has 1 atom stereocenters. The van der Waals surface area contributed by atoms with Gasteiger partial charge in [0.15, 0.2) is 5.78 Å². The SMILES string of the molecule is O=C1c2c(n3c4c(cccc24)OC[C@H]3CN2CCOCC2)-c2cccc3cccc1c23. The topological polar surface area (TPSA) is 43.7 Å². The van der Waals surface area contributed by atoms with Crippen LogP contribution < -0.4 is 4.74 Å². The molecule has 0 amide bonds. The van der Waals surface area contributed by atoms with Crippen molar-refractivity contribution in [1.29, 1.82) is 0 Å². The number of para-hydroxylation sites is 1. The van der Waals surface area contributed by atoms with Crippen LogP contribution in [0.25, 0.3) is 32.9 Å². The first kappa shape index (κ1) is 17.5. The van der Waals surface area contributed by atoms with E-state index in [2.05, 4.69) is 39.8 Å². The van der Waals surface area contributed by atoms with Crippen molar-refractivity contribution in [2.24, 2.45) is 0 Å². The number of aromatic nitrogens is 1. The van der Waals surface area contributed by atoms with Crippen LogP contribution in [0.2, 0.25) is 0 Å². The highest BCUT2D eigenvalue weighted by Gasteiger charge is 2.36. The third-order valence-electron chi connectivity index (χ3n) is 6.99. The molecule has 0 bridgehead atoms. The van der Waals surface area contributed by atoms with Crippen LogP contribution in [0.4, 0.5) is 0 Å². The molecule has 1 aliphatic carbocycles. The summed E-state index contributed by atoms with van der Waals surface area (Å²) in [6.07, 6.45) is 0. The molecule has 1 aromatic heterocycles. The number of hydrogen-bond acceptors (Lipinski definition) is 4. The smallest absolute Gasteiger partial charge is 0.196 e. The number of morpholine rings is 1. The molecule has 3 heterocycles. The van der Waals surface area contributed by atoms with Crippen LogP contribution in [-0.4, -0.2) is 54.7 Å². The molecular weight excluding hydrogens is 388 g/mol. The van der Waals surface area contributed by atoms with Gasteiger partial charge in [0.25, 0.3) is 0 Å². The summed E-state index contributed by atoms with van der Waals surface area (Å²) in [5, 5.41) is 3.18. The van der Waals surface area contributed by atoms with E-state index in [0.29, 0.717) is 6.61 Å². The number of carbonyl (C=O) groups excluding carboxylic acids is 1. The second-order valence-electron chi connectivity index (χ2n) is 8.66. The highest BCUT2D eigenvalue weighted by atomic mass is 16.5. The van der Waals surface area contributed by atoms with Crippen molar-refractivity contribution in [3.63, 3.8) is 0 Å². The maximum atomic E-state index is 13.8. The van der Waals surface area contributed by atoms with Crippen molar-refractivity contribution >= 4 is 27.5 Å². The molecule has 7 rings (SSSR count). The molecule has 2 aliphatic heterocycles. The Labute approximate surface area is 179 Å². The lowest BCUT2D eigenvalue weighted by Crippen LogP contribution is -2.42. The first-order valence-electron chi connectivity index (χ1n) is 11.0. The fourth-order valence-electron chi connectivity index (χ4n) is 5.65. The van der Waals surface area contributed by atoms with Crippen LogP contribution in [0, 0.1) is 0 Å². The molecule has 3 aliphatic rings. The zero-order valence-electron chi connectivity index (χ0n) is 17.1. The molecule has 0 saturated carbocycles. The van der Waals surface area contributed by atoms with E-state index < -0.39 is 0 Å². The van der Waals surface area contributed by atoms with Crippen molar-refractivity contribution in [2.45, 2.75) is 6.04 Å². The van der Waals surface area contributed by atoms with E-state index in [1.54, 1.807) is 0 Å². The summed E-state index contributed by atoms with van der Waals surface area (Å²) in [5.74, 6) is 0.987. The summed E-state index contributed by atoms with van der Waals surface area (Å²) >= 11 is 0. The number of ketones is 1. The van der Waals surface area contributed by atoms with Crippen LogP contribution in [0.15, 0.2) is 54.6 Å². The van der Waals surface area contributed by atoms with E-state index in [1.165, 1.54) is 0 Å². The van der Waals surface area contributed by atoms with E-state index in [0.717, 1.165) is 82.7 Å². The Morgan fingerprint density at radius 1 is 0.935 bits per heavy atom. The van der Waals surface area contributed by atoms with Crippen molar-refractivity contribution < 1.29 is 14.3 Å². The van der Waals surface area contributed by atoms with Crippen LogP contribution in [0.3, 0.4) is 0 Å². The quantitative estimate of drug-likeness (QED) is 0.436. The summed E-state index contributed by atoms with van der Waals surface area (Å²) < 4.78 is 14.2. The van der Waals surface area contributed by atoms with Gasteiger partial charge in [0.2, 0.25) is 0 Å². The van der Waals surface area contributed by atoms with Gasteiger partial charge in [0, 0.05) is 41.5 Å². The Morgan fingerprint density at radius 2 is 1.71 bits per heavy atom. The summed E-state index contributed by atoms with van der Waals surface area (Å²) in [6, 6.07) is 18.6. The molecule has 5 heteroatoms. The summed E-state index contributed by atoms with van der Waals surface area (Å²) in [5.41, 5.74) is 4.88. The standard InChI is InChI=1S/C26H22N2O3/c29-26-20-8-2-5-16-4-1-6-18(22(16)20)25-23(26)19-7-3-9-21-24(19)28(25)17(15-31-21)14-27-10-12-30-13-11-27/h1-9,17H,10-15H2/t17-/m1/s1. The van der Waals surface area contributed by atoms with Gasteiger partial charge in [-0.3, -0.25) is 9.69 Å². The van der Waals surface area contributed by atoms with Gasteiger partial charge in [0.05, 0.1) is 36.0 Å². The Bertz CT molecular complexity index is 1380. The predicted octanol–water partition coefficient (Wildman–Crippen LogP) is 4.27. The first-order chi connectivity index (χ1) is 15.3. The summed E-state index contributed by atoms with van der Waals surface area (Å²) in [7, 11) is 0. The van der Waals surface area contributed by atoms with Crippen molar-refractivity contribution in [3.05, 3.63) is 65.7 Å². The molecule has 1 saturated heterocycles. The van der Waals surface area contributed by atoms with Gasteiger partial charge in [-0.2, -0.15) is 0 Å². The van der Waals surface area contributed by atoms with Gasteiger partial charge in [0.1, 0.15) is 12.4 Å². The summed E-state index contributed by atoms with van der Waals surface area (Å²) in [4.78, 5) is 16.2. The number of hydrogen-bond donors (Lipinski definition) is 0. The highest BCUT2D eigenvalue weighted by molar-refractivity contribution is 6.30. The molecule has 0 spiro atoms. The number of fused-ring (bicyclic) bond motifs is 4. The Balaban J connectivity index is 1.53. The number of rotatable bonds is 2. The highest BCUT2D eigenvalue weighted by Crippen LogP contribution is 2.48. The average molecular weight is 410 g/mol. The second-order valence-corrected chi connectivity index (χ2v) is 8.66. The van der Waals surface area contributed by atoms with E-state index >= 15 is 0 Å². The first-order valence-corrected chi connectivity index (χ1v) is 11.0. The lowest BCUT2D eigenvalue weighted by Gasteiger charge is -2.35. The van der Waals surface area contributed by atoms with Crippen LogP contribution >= 0.6 is 0 Å². The maximum Gasteiger partial charge on any atom is 0.196 e. The van der Waals surface area contributed by atoms with Gasteiger partial charge in [-0.25, -0.2) is 0 Å². The molecule has 5 nitrogen and oxygen atoms in total. The molecule has 154 valence electrons. The molecular formula is C26H22N2O3. The maximum absolute atomic E-state index is 13.8. The molecule has 0 N–H and O–H groups in total. The van der Waals surface area contributed by atoms with Crippen LogP contribution in [-0.2, 0) is 4.74 Å². The monoisotopic (exact) mass is 410 g/mol. The third-order valence-corrected chi connectivity index (χ3v) is 6.99. The lowest BCUT2D eigenvalue weighted by molar-refractivity contribution is 0.0275. The average Bonchev–Trinajstić information content (AvgIpc) is 3.17. The number of nitrogens with zero attached hydrogens (tertiary/aromatic N) is 2. The molecule has 0 unspecified atom stereocenters. The van der Waals surface area contributed by atoms with Crippen LogP contribution in [0.5, 0.6) is 5.75 Å². The second kappa shape index (κ2) is 6.42. The van der Waals surface area contributed by atoms with Gasteiger partial charge in [-0.15, -0.1) is 0 Å². The van der Waals surface area contributed by atoms with E-state index in [1.807, 2.05) is 24.3 Å². The van der Waals surface area contributed by atoms with Crippen molar-refractivity contribution in [1.82, 2.24) is 9.47 Å². The van der Waals surface area contributed by atoms with E-state index in [4.69, 9.17) is 9.47 Å². The van der Waals surface area contributed by atoms with Gasteiger partial charge in [-0.05, 0) is 11.5 Å². The summed E-state index contributed by atoms with van der Waals surface area (Å²) in [6.45, 7) is 4.91. The van der Waals surface area contributed by atoms with Crippen LogP contribution in [0.1, 0.15) is 22.0 Å². The molecule has 0 radical (unpaired) electrons. The third kappa shape index (κ3) is 2.36. The lowest BCUT2D eigenvalue weighted by atomic mass is 9.85. The fourth-order valence-corrected chi connectivity index (χ4v) is 5.65. The minimum absolute atomic E-state index is 0.118. The zero-order chi connectivity index (χ0) is 20.5. The Kier molecular flexibility index (Phi) is 3.63. The largest absolute Gasteiger partial charge is 0.489 e. The minimum atomic E-state index is 0.118. The molecule has 4 aromatic rings. The molecule has 3 aromatic carbocycles. The van der Waals surface area contributed by atoms with Gasteiger partial charge >= 0.3 is 0 Å². The number of ether oxygens (including phenoxy) is 2. The zero-order valence-corrected chi connectivity index (χ0v) is 17.1. The number of carbonyl (C=O) groups is 1. The van der Waals surface area contributed by atoms with E-state index in [-0.39, 0.29) is 11.8 Å². The predicted molar refractivity (Wildman–Crippen MR) is 120 cm³/mol. The molecule has 31 heavy (non-hydrogen) atoms. The number of benzene rings is 3. The van der Waals surface area contributed by atoms with Gasteiger partial charge < -0.3 is 14.0 Å². The normalized spacial score (nSPS) is 20.1. The van der Waals surface area contributed by atoms with Crippen molar-refractivity contribution in [3.8, 4) is 17.0 Å². The van der Waals surface area contributed by atoms with Gasteiger partial charge in [-0.1, -0.05) is 48.5 Å². The minimum Gasteiger partial charge on any atom is -0.489 e. The molecule has 1 fully saturated rings. The Morgan fingerprint density at radius 3 is 2.55 bits per heavy atom. The fraction of sp³-hybridized carbons (Fsp3) is 0.269. The van der Waals surface area contributed by atoms with E-state index in [9.17, 15) is 4.79 Å². The van der Waals surface area contributed by atoms with Crippen molar-refractivity contribution in [2.75, 3.05) is 39.5 Å². The Hall–Kier alpha value is -3.15.